The van der Waals surface area contributed by atoms with Gasteiger partial charge in [-0.25, -0.2) is 0 Å². The molecule has 3 nitrogen and oxygen atoms in total. The van der Waals surface area contributed by atoms with E-state index in [9.17, 15) is 0 Å². The second-order valence-electron chi connectivity index (χ2n) is 4.86. The molecule has 76 valence electrons. The Morgan fingerprint density at radius 3 is 2.54 bits per heavy atom. The van der Waals surface area contributed by atoms with E-state index in [0.717, 1.165) is 6.54 Å². The van der Waals surface area contributed by atoms with Crippen molar-refractivity contribution in [3.63, 3.8) is 0 Å². The van der Waals surface area contributed by atoms with Gasteiger partial charge in [-0.2, -0.15) is 0 Å². The summed E-state index contributed by atoms with van der Waals surface area (Å²) in [6.07, 6.45) is 0. The van der Waals surface area contributed by atoms with Crippen molar-refractivity contribution in [3.8, 4) is 0 Å². The maximum absolute atomic E-state index is 3.51. The predicted molar refractivity (Wildman–Crippen MR) is 54.9 cm³/mol. The molecule has 2 saturated heterocycles. The first-order valence-electron chi connectivity index (χ1n) is 5.30. The largest absolute Gasteiger partial charge is 0.314 e. The molecule has 0 unspecified atom stereocenters. The zero-order valence-corrected chi connectivity index (χ0v) is 9.01. The molecule has 0 aliphatic carbocycles. The Bertz CT molecular complexity index is 179. The van der Waals surface area contributed by atoms with Crippen molar-refractivity contribution in [2.24, 2.45) is 0 Å². The number of likely N-dealkylation sites (tertiary alicyclic amines) is 1. The number of likely N-dealkylation sites (N-methyl/N-ethyl adjacent to an activating group) is 1. The lowest BCUT2D eigenvalue weighted by Gasteiger charge is -2.58. The Balaban J connectivity index is 2.05. The van der Waals surface area contributed by atoms with Gasteiger partial charge in [-0.3, -0.25) is 4.90 Å². The van der Waals surface area contributed by atoms with Gasteiger partial charge in [0.2, 0.25) is 0 Å². The molecule has 1 spiro atoms. The number of rotatable bonds is 1. The van der Waals surface area contributed by atoms with Crippen LogP contribution in [0.1, 0.15) is 13.8 Å². The third-order valence-corrected chi connectivity index (χ3v) is 3.34. The minimum Gasteiger partial charge on any atom is -0.314 e. The number of nitrogens with one attached hydrogen (secondary N) is 1. The SMILES string of the molecule is CC(C)N1CCNCC12CN(C)C2. The normalized spacial score (nSPS) is 29.5. The maximum Gasteiger partial charge on any atom is 0.0590 e. The molecule has 0 amide bonds. The Hall–Kier alpha value is -0.120. The predicted octanol–water partition coefficient (Wildman–Crippen LogP) is -0.0158. The Labute approximate surface area is 81.1 Å². The van der Waals surface area contributed by atoms with E-state index in [-0.39, 0.29) is 0 Å². The standard InChI is InChI=1S/C10H21N3/c1-9(2)13-5-4-11-6-10(13)7-12(3)8-10/h9,11H,4-8H2,1-3H3. The fourth-order valence-corrected chi connectivity index (χ4v) is 2.92. The lowest BCUT2D eigenvalue weighted by atomic mass is 9.85. The summed E-state index contributed by atoms with van der Waals surface area (Å²) >= 11 is 0. The first-order chi connectivity index (χ1) is 6.14. The summed E-state index contributed by atoms with van der Waals surface area (Å²) in [5, 5.41) is 3.51. The average molecular weight is 183 g/mol. The van der Waals surface area contributed by atoms with Crippen LogP contribution in [-0.2, 0) is 0 Å². The van der Waals surface area contributed by atoms with E-state index >= 15 is 0 Å². The van der Waals surface area contributed by atoms with Crippen LogP contribution in [0.2, 0.25) is 0 Å². The monoisotopic (exact) mass is 183 g/mol. The van der Waals surface area contributed by atoms with Gasteiger partial charge < -0.3 is 10.2 Å². The highest BCUT2D eigenvalue weighted by atomic mass is 15.4. The Morgan fingerprint density at radius 1 is 1.31 bits per heavy atom. The topological polar surface area (TPSA) is 18.5 Å². The number of hydrogen-bond donors (Lipinski definition) is 1. The maximum atomic E-state index is 3.51. The summed E-state index contributed by atoms with van der Waals surface area (Å²) < 4.78 is 0. The summed E-state index contributed by atoms with van der Waals surface area (Å²) in [5.74, 6) is 0. The fourth-order valence-electron chi connectivity index (χ4n) is 2.92. The lowest BCUT2D eigenvalue weighted by molar-refractivity contribution is -0.0713. The molecule has 2 aliphatic rings. The average Bonchev–Trinajstić information content (AvgIpc) is 2.02. The zero-order valence-electron chi connectivity index (χ0n) is 9.01. The lowest BCUT2D eigenvalue weighted by Crippen LogP contribution is -2.76. The van der Waals surface area contributed by atoms with E-state index in [1.165, 1.54) is 26.2 Å². The molecule has 0 aromatic carbocycles. The van der Waals surface area contributed by atoms with Gasteiger partial charge in [-0.1, -0.05) is 0 Å². The molecule has 2 fully saturated rings. The molecule has 13 heavy (non-hydrogen) atoms. The summed E-state index contributed by atoms with van der Waals surface area (Å²) in [5.41, 5.74) is 0.459. The smallest absolute Gasteiger partial charge is 0.0590 e. The molecule has 3 heteroatoms. The van der Waals surface area contributed by atoms with E-state index in [4.69, 9.17) is 0 Å². The second-order valence-corrected chi connectivity index (χ2v) is 4.86. The second kappa shape index (κ2) is 3.23. The highest BCUT2D eigenvalue weighted by molar-refractivity contribution is 5.07. The van der Waals surface area contributed by atoms with E-state index < -0.39 is 0 Å². The first kappa shape index (κ1) is 9.44. The third kappa shape index (κ3) is 1.49. The summed E-state index contributed by atoms with van der Waals surface area (Å²) in [6.45, 7) is 10.6. The summed E-state index contributed by atoms with van der Waals surface area (Å²) in [7, 11) is 2.21. The quantitative estimate of drug-likeness (QED) is 0.616. The van der Waals surface area contributed by atoms with Crippen molar-refractivity contribution in [1.82, 2.24) is 15.1 Å². The van der Waals surface area contributed by atoms with Gasteiger partial charge >= 0.3 is 0 Å². The molecule has 0 aromatic rings. The van der Waals surface area contributed by atoms with Crippen LogP contribution in [0.15, 0.2) is 0 Å². The third-order valence-electron chi connectivity index (χ3n) is 3.34. The van der Waals surface area contributed by atoms with E-state index in [1.807, 2.05) is 0 Å². The van der Waals surface area contributed by atoms with Crippen molar-refractivity contribution >= 4 is 0 Å². The highest BCUT2D eigenvalue weighted by Crippen LogP contribution is 2.29. The minimum atomic E-state index is 0.459. The molecule has 2 rings (SSSR count). The van der Waals surface area contributed by atoms with E-state index in [2.05, 4.69) is 36.0 Å². The van der Waals surface area contributed by atoms with Crippen molar-refractivity contribution in [2.75, 3.05) is 39.8 Å². The van der Waals surface area contributed by atoms with Crippen LogP contribution in [-0.4, -0.2) is 61.2 Å². The van der Waals surface area contributed by atoms with E-state index in [0.29, 0.717) is 11.6 Å². The molecule has 0 saturated carbocycles. The molecule has 0 bridgehead atoms. The van der Waals surface area contributed by atoms with Gasteiger partial charge in [0.05, 0.1) is 5.54 Å². The van der Waals surface area contributed by atoms with Crippen molar-refractivity contribution in [3.05, 3.63) is 0 Å². The van der Waals surface area contributed by atoms with Crippen LogP contribution in [0.25, 0.3) is 0 Å². The van der Waals surface area contributed by atoms with Crippen molar-refractivity contribution < 1.29 is 0 Å². The van der Waals surface area contributed by atoms with Gasteiger partial charge in [0.15, 0.2) is 0 Å². The van der Waals surface area contributed by atoms with E-state index in [1.54, 1.807) is 0 Å². The van der Waals surface area contributed by atoms with Crippen LogP contribution in [0.4, 0.5) is 0 Å². The molecule has 2 aliphatic heterocycles. The molecular weight excluding hydrogens is 162 g/mol. The summed E-state index contributed by atoms with van der Waals surface area (Å²) in [6, 6.07) is 0.691. The summed E-state index contributed by atoms with van der Waals surface area (Å²) in [4.78, 5) is 5.08. The Kier molecular flexibility index (Phi) is 2.34. The van der Waals surface area contributed by atoms with Crippen LogP contribution < -0.4 is 5.32 Å². The molecular formula is C10H21N3. The van der Waals surface area contributed by atoms with Crippen molar-refractivity contribution in [2.45, 2.75) is 25.4 Å². The molecule has 0 radical (unpaired) electrons. The van der Waals surface area contributed by atoms with Gasteiger partial charge in [-0.15, -0.1) is 0 Å². The fraction of sp³-hybridized carbons (Fsp3) is 1.00. The zero-order chi connectivity index (χ0) is 9.47. The highest BCUT2D eigenvalue weighted by Gasteiger charge is 2.47. The van der Waals surface area contributed by atoms with Crippen LogP contribution in [0, 0.1) is 0 Å². The molecule has 1 N–H and O–H groups in total. The molecule has 0 aromatic heterocycles. The van der Waals surface area contributed by atoms with Crippen LogP contribution in [0.5, 0.6) is 0 Å². The van der Waals surface area contributed by atoms with Crippen molar-refractivity contribution in [1.29, 1.82) is 0 Å². The molecule has 0 atom stereocenters. The molecule has 2 heterocycles. The van der Waals surface area contributed by atoms with Gasteiger partial charge in [0.1, 0.15) is 0 Å². The van der Waals surface area contributed by atoms with Crippen LogP contribution in [0.3, 0.4) is 0 Å². The first-order valence-corrected chi connectivity index (χ1v) is 5.30. The van der Waals surface area contributed by atoms with Gasteiger partial charge in [0, 0.05) is 38.8 Å². The van der Waals surface area contributed by atoms with Gasteiger partial charge in [-0.05, 0) is 20.9 Å². The van der Waals surface area contributed by atoms with Gasteiger partial charge in [0.25, 0.3) is 0 Å². The number of nitrogens with zero attached hydrogens (tertiary/aromatic N) is 2. The Morgan fingerprint density at radius 2 is 2.00 bits per heavy atom. The van der Waals surface area contributed by atoms with Crippen LogP contribution >= 0.6 is 0 Å². The number of hydrogen-bond acceptors (Lipinski definition) is 3. The minimum absolute atomic E-state index is 0.459. The number of piperazine rings is 1.